The molecule has 0 bridgehead atoms. The first-order valence-corrected chi connectivity index (χ1v) is 12.7. The molecular weight excluding hydrogens is 495 g/mol. The molecule has 0 unspecified atom stereocenters. The monoisotopic (exact) mass is 516 g/mol. The Morgan fingerprint density at radius 1 is 0.625 bits per heavy atom. The van der Waals surface area contributed by atoms with Crippen molar-refractivity contribution in [2.75, 3.05) is 6.61 Å². The van der Waals surface area contributed by atoms with E-state index in [1.54, 1.807) is 0 Å². The van der Waals surface area contributed by atoms with Crippen molar-refractivity contribution in [3.63, 3.8) is 0 Å². The molecule has 0 saturated carbocycles. The van der Waals surface area contributed by atoms with Crippen LogP contribution < -0.4 is 23.4 Å². The van der Waals surface area contributed by atoms with E-state index in [1.807, 2.05) is 6.92 Å². The average molecular weight is 516 g/mol. The summed E-state index contributed by atoms with van der Waals surface area (Å²) >= 11 is 0.275. The van der Waals surface area contributed by atoms with E-state index in [1.165, 1.54) is 31.1 Å². The quantitative estimate of drug-likeness (QED) is 0.376. The smallest absolute Gasteiger partial charge is 0.112 e. The Morgan fingerprint density at radius 2 is 1.06 bits per heavy atom. The normalized spacial score (nSPS) is 10.8. The van der Waals surface area contributed by atoms with E-state index in [-0.39, 0.29) is 14.5 Å². The third kappa shape index (κ3) is 7.55. The number of hydrogen-bond acceptors (Lipinski definition) is 5. The van der Waals surface area contributed by atoms with Crippen LogP contribution >= 0.6 is 0 Å². The van der Waals surface area contributed by atoms with Crippen molar-refractivity contribution in [3.05, 3.63) is 97.1 Å². The van der Waals surface area contributed by atoms with Gasteiger partial charge < -0.3 is 0 Å². The van der Waals surface area contributed by atoms with E-state index >= 15 is 0 Å². The molecule has 1 aromatic heterocycles. The van der Waals surface area contributed by atoms with Gasteiger partial charge in [-0.3, -0.25) is 0 Å². The van der Waals surface area contributed by atoms with Crippen LogP contribution in [0, 0.1) is 10.2 Å². The van der Waals surface area contributed by atoms with Crippen molar-refractivity contribution in [1.82, 2.24) is 0 Å². The van der Waals surface area contributed by atoms with Crippen LogP contribution in [0.25, 0.3) is 31.1 Å². The fourth-order valence-electron chi connectivity index (χ4n) is 3.07. The third-order valence-electron chi connectivity index (χ3n) is 4.41. The predicted octanol–water partition coefficient (Wildman–Crippen LogP) is 1.67. The van der Waals surface area contributed by atoms with Gasteiger partial charge in [-0.1, -0.05) is 0 Å². The summed E-state index contributed by atoms with van der Waals surface area (Å²) in [5, 5.41) is 0. The molecule has 0 aliphatic heterocycles. The topological polar surface area (TPSA) is 101 Å². The van der Waals surface area contributed by atoms with E-state index in [9.17, 15) is 0 Å². The van der Waals surface area contributed by atoms with Crippen LogP contribution in [0.3, 0.4) is 0 Å². The minimum absolute atomic E-state index is 0.275. The van der Waals surface area contributed by atoms with Gasteiger partial charge in [-0.25, -0.2) is 18.6 Å². The zero-order chi connectivity index (χ0) is 23.0. The SMILES string of the molecule is CCOc1ccc(-c2cc(-c3ccccc3)[se+]c(-c3ccccc3)c2)cc1.[O-][Cl+3]([O-])([O-])[O-]. The van der Waals surface area contributed by atoms with Crippen molar-refractivity contribution in [2.45, 2.75) is 6.92 Å². The van der Waals surface area contributed by atoms with Crippen molar-refractivity contribution < 1.29 is 33.6 Å². The number of halogens is 1. The molecule has 0 N–H and O–H groups in total. The second-order valence-electron chi connectivity index (χ2n) is 6.64. The molecule has 0 spiro atoms. The second-order valence-corrected chi connectivity index (χ2v) is 9.67. The van der Waals surface area contributed by atoms with Gasteiger partial charge in [0.05, 0.1) is 0 Å². The third-order valence-corrected chi connectivity index (χ3v) is 6.81. The van der Waals surface area contributed by atoms with Crippen LogP contribution in [0.5, 0.6) is 5.75 Å². The zero-order valence-electron chi connectivity index (χ0n) is 17.3. The summed E-state index contributed by atoms with van der Waals surface area (Å²) in [4.78, 5) is 0. The Labute approximate surface area is 195 Å². The van der Waals surface area contributed by atoms with Crippen LogP contribution in [0.1, 0.15) is 6.92 Å². The van der Waals surface area contributed by atoms with E-state index in [2.05, 4.69) is 97.1 Å². The molecule has 0 aliphatic rings. The van der Waals surface area contributed by atoms with Gasteiger partial charge in [-0.15, -0.1) is 10.2 Å². The molecule has 0 aliphatic carbocycles. The van der Waals surface area contributed by atoms with E-state index < -0.39 is 10.2 Å². The zero-order valence-corrected chi connectivity index (χ0v) is 19.7. The number of benzene rings is 3. The fourth-order valence-corrected chi connectivity index (χ4v) is 5.41. The van der Waals surface area contributed by atoms with Crippen molar-refractivity contribution in [2.24, 2.45) is 0 Å². The summed E-state index contributed by atoms with van der Waals surface area (Å²) in [5.41, 5.74) is 5.09. The minimum Gasteiger partial charge on any atom is -0.222 e. The Kier molecular flexibility index (Phi) is 8.56. The second kappa shape index (κ2) is 11.4. The first-order chi connectivity index (χ1) is 15.3. The molecule has 0 amide bonds. The summed E-state index contributed by atoms with van der Waals surface area (Å²) in [6, 6.07) is 34.5. The summed E-state index contributed by atoms with van der Waals surface area (Å²) in [6.45, 7) is 2.70. The summed E-state index contributed by atoms with van der Waals surface area (Å²) in [7, 11) is -4.94. The first kappa shape index (κ1) is 24.1. The van der Waals surface area contributed by atoms with Crippen LogP contribution in [-0.4, -0.2) is 21.1 Å². The van der Waals surface area contributed by atoms with Gasteiger partial charge in [0.25, 0.3) is 0 Å². The standard InChI is InChI=1S/C25H21OSe.ClHO4/c1-2-26-23-15-13-19(14-16-23)22-17-24(20-9-5-3-6-10-20)27-25(18-22)21-11-7-4-8-12-21;2-1(3,4)5/h3-18H,2H2,1H3;(H,2,3,4,5)/q+1;/p-1. The maximum atomic E-state index is 8.49. The van der Waals surface area contributed by atoms with Crippen LogP contribution in [-0.2, 0) is 0 Å². The Hall–Kier alpha value is -2.54. The van der Waals surface area contributed by atoms with Crippen LogP contribution in [0.15, 0.2) is 97.1 Å². The Morgan fingerprint density at radius 3 is 1.47 bits per heavy atom. The maximum Gasteiger partial charge on any atom is -0.112 e. The molecule has 0 saturated heterocycles. The summed E-state index contributed by atoms with van der Waals surface area (Å²) < 4.78 is 42.4. The molecule has 164 valence electrons. The Bertz CT molecular complexity index is 1050. The summed E-state index contributed by atoms with van der Waals surface area (Å²) in [6.07, 6.45) is 0. The van der Waals surface area contributed by atoms with Crippen molar-refractivity contribution in [1.29, 1.82) is 0 Å². The van der Waals surface area contributed by atoms with Gasteiger partial charge in [0.15, 0.2) is 0 Å². The average Bonchev–Trinajstić information content (AvgIpc) is 2.80. The Balaban J connectivity index is 0.000000523. The van der Waals surface area contributed by atoms with Gasteiger partial charge in [-0.2, -0.15) is 0 Å². The number of rotatable bonds is 5. The molecule has 5 nitrogen and oxygen atoms in total. The number of ether oxygens (including phenoxy) is 1. The minimum atomic E-state index is -4.94. The van der Waals surface area contributed by atoms with Gasteiger partial charge >= 0.3 is 167 Å². The molecule has 3 aromatic carbocycles. The van der Waals surface area contributed by atoms with Crippen molar-refractivity contribution in [3.8, 4) is 36.9 Å². The maximum absolute atomic E-state index is 8.49. The largest absolute Gasteiger partial charge is 0.222 e. The summed E-state index contributed by atoms with van der Waals surface area (Å²) in [5.74, 6) is 0.918. The first-order valence-electron chi connectivity index (χ1n) is 9.77. The molecule has 32 heavy (non-hydrogen) atoms. The van der Waals surface area contributed by atoms with E-state index in [4.69, 9.17) is 23.4 Å². The van der Waals surface area contributed by atoms with Gasteiger partial charge in [-0.05, 0) is 0 Å². The van der Waals surface area contributed by atoms with E-state index in [0.717, 1.165) is 5.75 Å². The van der Waals surface area contributed by atoms with Crippen molar-refractivity contribution >= 4 is 14.5 Å². The molecule has 1 heterocycles. The number of hydrogen-bond donors (Lipinski definition) is 0. The molecule has 0 fully saturated rings. The van der Waals surface area contributed by atoms with Gasteiger partial charge in [0.1, 0.15) is 0 Å². The molecule has 0 radical (unpaired) electrons. The van der Waals surface area contributed by atoms with E-state index in [0.29, 0.717) is 6.61 Å². The predicted molar refractivity (Wildman–Crippen MR) is 115 cm³/mol. The molecule has 4 aromatic rings. The fraction of sp³-hybridized carbons (Fsp3) is 0.0800. The van der Waals surface area contributed by atoms with Crippen LogP contribution in [0.4, 0.5) is 0 Å². The molecule has 7 heteroatoms. The van der Waals surface area contributed by atoms with Crippen LogP contribution in [0.2, 0.25) is 0 Å². The molecular formula is C25H21ClO5Se. The molecule has 4 rings (SSSR count). The molecule has 0 atom stereocenters. The van der Waals surface area contributed by atoms with Gasteiger partial charge in [0.2, 0.25) is 0 Å². The van der Waals surface area contributed by atoms with Gasteiger partial charge in [0, 0.05) is 0 Å².